The van der Waals surface area contributed by atoms with Gasteiger partial charge in [-0.05, 0) is 48.0 Å². The molecule has 0 spiro atoms. The quantitative estimate of drug-likeness (QED) is 0.899. The summed E-state index contributed by atoms with van der Waals surface area (Å²) in [5, 5.41) is 7.76. The number of halogens is 2. The van der Waals surface area contributed by atoms with Gasteiger partial charge in [0.1, 0.15) is 5.82 Å². The van der Waals surface area contributed by atoms with E-state index in [1.165, 1.54) is 0 Å². The first-order valence-corrected chi connectivity index (χ1v) is 7.51. The third kappa shape index (κ3) is 3.10. The van der Waals surface area contributed by atoms with Crippen LogP contribution in [0, 0.1) is 12.7 Å². The topological polar surface area (TPSA) is 29.9 Å². The maximum Gasteiger partial charge on any atom is 0.142 e. The first kappa shape index (κ1) is 15.2. The number of aromatic nitrogens is 2. The van der Waals surface area contributed by atoms with Crippen molar-refractivity contribution in [1.29, 1.82) is 0 Å². The molecule has 1 atom stereocenters. The molecule has 0 aliphatic heterocycles. The zero-order chi connectivity index (χ0) is 14.7. The van der Waals surface area contributed by atoms with Crippen molar-refractivity contribution in [2.75, 3.05) is 6.54 Å². The van der Waals surface area contributed by atoms with Gasteiger partial charge in [-0.3, -0.25) is 4.68 Å². The molecule has 1 N–H and O–H groups in total. The number of nitrogens with zero attached hydrogens (tertiary/aromatic N) is 2. The Morgan fingerprint density at radius 2 is 2.20 bits per heavy atom. The average Bonchev–Trinajstić information content (AvgIpc) is 2.74. The number of hydrogen-bond acceptors (Lipinski definition) is 2. The van der Waals surface area contributed by atoms with Crippen molar-refractivity contribution in [3.05, 3.63) is 51.5 Å². The summed E-state index contributed by atoms with van der Waals surface area (Å²) in [7, 11) is 1.89. The molecule has 20 heavy (non-hydrogen) atoms. The van der Waals surface area contributed by atoms with Crippen LogP contribution < -0.4 is 5.32 Å². The van der Waals surface area contributed by atoms with Gasteiger partial charge in [-0.2, -0.15) is 5.10 Å². The highest BCUT2D eigenvalue weighted by atomic mass is 79.9. The summed E-state index contributed by atoms with van der Waals surface area (Å²) in [6.45, 7) is 4.86. The van der Waals surface area contributed by atoms with Crippen molar-refractivity contribution in [1.82, 2.24) is 15.1 Å². The van der Waals surface area contributed by atoms with Gasteiger partial charge in [0.25, 0.3) is 0 Å². The Hall–Kier alpha value is -1.20. The number of benzene rings is 1. The lowest BCUT2D eigenvalue weighted by atomic mass is 10.0. The molecule has 1 unspecified atom stereocenters. The Labute approximate surface area is 127 Å². The molecule has 0 aliphatic rings. The second-order valence-corrected chi connectivity index (χ2v) is 5.72. The summed E-state index contributed by atoms with van der Waals surface area (Å²) in [6.07, 6.45) is 0.989. The van der Waals surface area contributed by atoms with Crippen LogP contribution in [-0.2, 0) is 7.05 Å². The fourth-order valence-corrected chi connectivity index (χ4v) is 2.69. The van der Waals surface area contributed by atoms with Crippen LogP contribution in [0.25, 0.3) is 0 Å². The van der Waals surface area contributed by atoms with E-state index in [0.717, 1.165) is 24.4 Å². The zero-order valence-electron chi connectivity index (χ0n) is 12.0. The smallest absolute Gasteiger partial charge is 0.142 e. The number of aryl methyl sites for hydroxylation is 2. The monoisotopic (exact) mass is 339 g/mol. The third-order valence-electron chi connectivity index (χ3n) is 3.22. The Kier molecular flexibility index (Phi) is 4.94. The molecular formula is C15H19BrFN3. The van der Waals surface area contributed by atoms with Gasteiger partial charge in [0.15, 0.2) is 0 Å². The van der Waals surface area contributed by atoms with Crippen LogP contribution in [0.5, 0.6) is 0 Å². The minimum atomic E-state index is -0.222. The summed E-state index contributed by atoms with van der Waals surface area (Å²) < 4.78 is 16.7. The van der Waals surface area contributed by atoms with Gasteiger partial charge in [-0.1, -0.05) is 19.1 Å². The summed E-state index contributed by atoms with van der Waals surface area (Å²) in [5.74, 6) is -0.222. The highest BCUT2D eigenvalue weighted by molar-refractivity contribution is 9.10. The van der Waals surface area contributed by atoms with Crippen LogP contribution in [0.2, 0.25) is 0 Å². The van der Waals surface area contributed by atoms with E-state index in [4.69, 9.17) is 0 Å². The molecule has 2 aromatic rings. The van der Waals surface area contributed by atoms with Crippen LogP contribution >= 0.6 is 15.9 Å². The van der Waals surface area contributed by atoms with Gasteiger partial charge in [0, 0.05) is 12.6 Å². The summed E-state index contributed by atoms with van der Waals surface area (Å²) >= 11 is 3.25. The molecule has 108 valence electrons. The van der Waals surface area contributed by atoms with Crippen molar-refractivity contribution >= 4 is 15.9 Å². The predicted octanol–water partition coefficient (Wildman–Crippen LogP) is 3.72. The lowest BCUT2D eigenvalue weighted by Crippen LogP contribution is -2.26. The molecule has 5 heteroatoms. The largest absolute Gasteiger partial charge is 0.305 e. The van der Waals surface area contributed by atoms with Gasteiger partial charge in [0.2, 0.25) is 0 Å². The van der Waals surface area contributed by atoms with Gasteiger partial charge >= 0.3 is 0 Å². The molecule has 1 aromatic heterocycles. The second-order valence-electron chi connectivity index (χ2n) is 4.86. The molecule has 0 fully saturated rings. The van der Waals surface area contributed by atoms with Crippen molar-refractivity contribution in [2.45, 2.75) is 26.3 Å². The Morgan fingerprint density at radius 1 is 1.45 bits per heavy atom. The van der Waals surface area contributed by atoms with Crippen molar-refractivity contribution in [2.24, 2.45) is 7.05 Å². The summed E-state index contributed by atoms with van der Waals surface area (Å²) in [6, 6.07) is 7.18. The lowest BCUT2D eigenvalue weighted by molar-refractivity contribution is 0.518. The van der Waals surface area contributed by atoms with Crippen LogP contribution in [0.3, 0.4) is 0 Å². The summed E-state index contributed by atoms with van der Waals surface area (Å²) in [5.41, 5.74) is 2.53. The maximum absolute atomic E-state index is 14.4. The van der Waals surface area contributed by atoms with Crippen molar-refractivity contribution in [3.63, 3.8) is 0 Å². The molecule has 0 saturated carbocycles. The molecule has 0 saturated heterocycles. The molecule has 0 radical (unpaired) electrons. The van der Waals surface area contributed by atoms with E-state index in [1.54, 1.807) is 6.07 Å². The van der Waals surface area contributed by atoms with E-state index in [2.05, 4.69) is 33.3 Å². The van der Waals surface area contributed by atoms with E-state index in [9.17, 15) is 4.39 Å². The molecule has 0 bridgehead atoms. The number of hydrogen-bond donors (Lipinski definition) is 1. The standard InChI is InChI=1S/C15H19BrFN3/c1-4-8-18-15(13-9-10(2)19-20(13)3)11-6-5-7-12(16)14(11)17/h5-7,9,15,18H,4,8H2,1-3H3. The fraction of sp³-hybridized carbons (Fsp3) is 0.400. The Balaban J connectivity index is 2.47. The highest BCUT2D eigenvalue weighted by Crippen LogP contribution is 2.28. The first-order chi connectivity index (χ1) is 9.54. The third-order valence-corrected chi connectivity index (χ3v) is 3.84. The number of rotatable bonds is 5. The fourth-order valence-electron chi connectivity index (χ4n) is 2.31. The molecule has 1 heterocycles. The first-order valence-electron chi connectivity index (χ1n) is 6.72. The van der Waals surface area contributed by atoms with E-state index in [-0.39, 0.29) is 11.9 Å². The second kappa shape index (κ2) is 6.50. The minimum absolute atomic E-state index is 0.196. The van der Waals surface area contributed by atoms with E-state index in [1.807, 2.05) is 36.9 Å². The molecule has 2 rings (SSSR count). The van der Waals surface area contributed by atoms with E-state index >= 15 is 0 Å². The van der Waals surface area contributed by atoms with Crippen LogP contribution in [0.1, 0.15) is 36.3 Å². The van der Waals surface area contributed by atoms with Gasteiger partial charge in [0.05, 0.1) is 21.9 Å². The minimum Gasteiger partial charge on any atom is -0.305 e. The molecule has 0 aliphatic carbocycles. The van der Waals surface area contributed by atoms with Gasteiger partial charge in [-0.15, -0.1) is 0 Å². The molecule has 1 aromatic carbocycles. The normalized spacial score (nSPS) is 12.7. The molecule has 3 nitrogen and oxygen atoms in total. The van der Waals surface area contributed by atoms with Crippen LogP contribution in [0.4, 0.5) is 4.39 Å². The number of nitrogens with one attached hydrogen (secondary N) is 1. The molecule has 0 amide bonds. The van der Waals surface area contributed by atoms with Crippen molar-refractivity contribution < 1.29 is 4.39 Å². The average molecular weight is 340 g/mol. The van der Waals surface area contributed by atoms with E-state index < -0.39 is 0 Å². The Bertz CT molecular complexity index is 595. The maximum atomic E-state index is 14.4. The molecular weight excluding hydrogens is 321 g/mol. The SMILES string of the molecule is CCCNC(c1cccc(Br)c1F)c1cc(C)nn1C. The van der Waals surface area contributed by atoms with Crippen molar-refractivity contribution in [3.8, 4) is 0 Å². The van der Waals surface area contributed by atoms with Crippen LogP contribution in [0.15, 0.2) is 28.7 Å². The van der Waals surface area contributed by atoms with Gasteiger partial charge in [-0.25, -0.2) is 4.39 Å². The van der Waals surface area contributed by atoms with Crippen LogP contribution in [-0.4, -0.2) is 16.3 Å². The zero-order valence-corrected chi connectivity index (χ0v) is 13.5. The summed E-state index contributed by atoms with van der Waals surface area (Å²) in [4.78, 5) is 0. The highest BCUT2D eigenvalue weighted by Gasteiger charge is 2.21. The predicted molar refractivity (Wildman–Crippen MR) is 82.2 cm³/mol. The lowest BCUT2D eigenvalue weighted by Gasteiger charge is -2.20. The van der Waals surface area contributed by atoms with E-state index in [0.29, 0.717) is 10.0 Å². The van der Waals surface area contributed by atoms with Gasteiger partial charge < -0.3 is 5.32 Å². The Morgan fingerprint density at radius 3 is 2.80 bits per heavy atom.